The van der Waals surface area contributed by atoms with Gasteiger partial charge in [0.25, 0.3) is 0 Å². The Morgan fingerprint density at radius 1 is 0.824 bits per heavy atom. The lowest BCUT2D eigenvalue weighted by molar-refractivity contribution is -0.119. The van der Waals surface area contributed by atoms with Gasteiger partial charge in [0.2, 0.25) is 21.8 Å². The number of sulfonamides is 1. The number of anilines is 2. The third-order valence-corrected chi connectivity index (χ3v) is 8.09. The second-order valence-electron chi connectivity index (χ2n) is 8.62. The predicted octanol–water partition coefficient (Wildman–Crippen LogP) is 4.09. The summed E-state index contributed by atoms with van der Waals surface area (Å²) < 4.78 is 28.6. The fourth-order valence-corrected chi connectivity index (χ4v) is 5.99. The zero-order valence-electron chi connectivity index (χ0n) is 18.4. The van der Waals surface area contributed by atoms with Crippen LogP contribution in [0.1, 0.15) is 25.7 Å². The molecule has 1 N–H and O–H groups in total. The summed E-state index contributed by atoms with van der Waals surface area (Å²) in [6.45, 7) is 1.11. The quantitative estimate of drug-likeness (QED) is 0.575. The fourth-order valence-electron chi connectivity index (χ4n) is 4.55. The van der Waals surface area contributed by atoms with Crippen LogP contribution in [-0.4, -0.2) is 39.4 Å². The predicted molar refractivity (Wildman–Crippen MR) is 133 cm³/mol. The lowest BCUT2D eigenvalue weighted by atomic mass is 10.1. The van der Waals surface area contributed by atoms with Gasteiger partial charge in [-0.1, -0.05) is 23.7 Å². The zero-order chi connectivity index (χ0) is 23.9. The molecule has 0 bridgehead atoms. The maximum Gasteiger partial charge on any atom is 0.245 e. The smallest absolute Gasteiger partial charge is 0.245 e. The van der Waals surface area contributed by atoms with E-state index in [2.05, 4.69) is 4.72 Å². The molecule has 0 aliphatic carbocycles. The van der Waals surface area contributed by atoms with E-state index in [0.717, 1.165) is 29.3 Å². The van der Waals surface area contributed by atoms with Gasteiger partial charge < -0.3 is 9.80 Å². The molecule has 1 unspecified atom stereocenters. The topological polar surface area (TPSA) is 86.8 Å². The first kappa shape index (κ1) is 22.8. The molecule has 5 rings (SSSR count). The van der Waals surface area contributed by atoms with Gasteiger partial charge in [-0.15, -0.1) is 0 Å². The summed E-state index contributed by atoms with van der Waals surface area (Å²) in [6.07, 6.45) is 2.82. The molecule has 176 valence electrons. The molecule has 0 saturated carbocycles. The van der Waals surface area contributed by atoms with Crippen molar-refractivity contribution in [3.8, 4) is 0 Å². The van der Waals surface area contributed by atoms with Crippen molar-refractivity contribution in [3.05, 3.63) is 65.7 Å². The summed E-state index contributed by atoms with van der Waals surface area (Å²) in [6, 6.07) is 16.5. The van der Waals surface area contributed by atoms with Crippen LogP contribution in [0, 0.1) is 0 Å². The van der Waals surface area contributed by atoms with E-state index in [-0.39, 0.29) is 16.7 Å². The Morgan fingerprint density at radius 2 is 1.50 bits per heavy atom. The number of rotatable bonds is 5. The molecule has 2 fully saturated rings. The second kappa shape index (κ2) is 9.02. The summed E-state index contributed by atoms with van der Waals surface area (Å²) in [5, 5.41) is 2.16. The van der Waals surface area contributed by atoms with Crippen molar-refractivity contribution in [2.24, 2.45) is 0 Å². The molecule has 2 aliphatic rings. The highest BCUT2D eigenvalue weighted by molar-refractivity contribution is 7.89. The monoisotopic (exact) mass is 497 g/mol. The molecule has 1 atom stereocenters. The Labute approximate surface area is 203 Å². The van der Waals surface area contributed by atoms with E-state index in [9.17, 15) is 18.0 Å². The van der Waals surface area contributed by atoms with Crippen molar-refractivity contribution in [1.29, 1.82) is 0 Å². The van der Waals surface area contributed by atoms with Crippen LogP contribution in [0.5, 0.6) is 0 Å². The van der Waals surface area contributed by atoms with Crippen LogP contribution in [-0.2, 0) is 19.6 Å². The van der Waals surface area contributed by atoms with Crippen molar-refractivity contribution in [2.45, 2.75) is 36.6 Å². The van der Waals surface area contributed by atoms with Crippen molar-refractivity contribution >= 4 is 55.6 Å². The third-order valence-electron chi connectivity index (χ3n) is 6.38. The number of carbonyl (C=O) groups excluding carboxylic acids is 2. The highest BCUT2D eigenvalue weighted by atomic mass is 35.5. The molecule has 2 aliphatic heterocycles. The standard InChI is InChI=1S/C25H24ClN3O4S/c26-19-6-4-18-16-22(11-5-17(18)15-19)34(32,33)27-23-12-14-29(25(23)31)21-9-7-20(8-10-21)28-13-2-1-3-24(28)30/h4-11,15-16,23,27H,1-3,12-14H2. The minimum Gasteiger partial charge on any atom is -0.312 e. The summed E-state index contributed by atoms with van der Waals surface area (Å²) in [7, 11) is -3.89. The molecule has 0 aromatic heterocycles. The molecule has 0 spiro atoms. The van der Waals surface area contributed by atoms with Crippen LogP contribution < -0.4 is 14.5 Å². The highest BCUT2D eigenvalue weighted by Crippen LogP contribution is 2.28. The minimum absolute atomic E-state index is 0.101. The summed E-state index contributed by atoms with van der Waals surface area (Å²) in [5.74, 6) is -0.180. The van der Waals surface area contributed by atoms with Crippen molar-refractivity contribution < 1.29 is 18.0 Å². The van der Waals surface area contributed by atoms with Crippen LogP contribution in [0.15, 0.2) is 65.6 Å². The van der Waals surface area contributed by atoms with Crippen LogP contribution in [0.4, 0.5) is 11.4 Å². The Balaban J connectivity index is 1.30. The second-order valence-corrected chi connectivity index (χ2v) is 10.8. The Hall–Kier alpha value is -2.94. The van der Waals surface area contributed by atoms with Crippen LogP contribution in [0.2, 0.25) is 5.02 Å². The lowest BCUT2D eigenvalue weighted by Crippen LogP contribution is -2.41. The number of benzene rings is 3. The Bertz CT molecular complexity index is 1370. The van der Waals surface area contributed by atoms with Gasteiger partial charge in [0.15, 0.2) is 0 Å². The number of piperidine rings is 1. The summed E-state index contributed by atoms with van der Waals surface area (Å²) >= 11 is 6.01. The van der Waals surface area contributed by atoms with Crippen molar-refractivity contribution in [3.63, 3.8) is 0 Å². The molecule has 7 nitrogen and oxygen atoms in total. The van der Waals surface area contributed by atoms with Crippen molar-refractivity contribution in [2.75, 3.05) is 22.9 Å². The Kier molecular flexibility index (Phi) is 6.06. The van der Waals surface area contributed by atoms with Gasteiger partial charge in [-0.05, 0) is 78.6 Å². The van der Waals surface area contributed by atoms with Gasteiger partial charge in [-0.3, -0.25) is 9.59 Å². The van der Waals surface area contributed by atoms with E-state index < -0.39 is 16.1 Å². The first-order valence-electron chi connectivity index (χ1n) is 11.3. The molecule has 2 heterocycles. The molecule has 2 amide bonds. The van der Waals surface area contributed by atoms with Gasteiger partial charge in [-0.25, -0.2) is 8.42 Å². The van der Waals surface area contributed by atoms with Gasteiger partial charge in [0.1, 0.15) is 6.04 Å². The third kappa shape index (κ3) is 4.41. The first-order valence-corrected chi connectivity index (χ1v) is 13.1. The zero-order valence-corrected chi connectivity index (χ0v) is 20.0. The van der Waals surface area contributed by atoms with E-state index in [1.165, 1.54) is 6.07 Å². The van der Waals surface area contributed by atoms with Crippen molar-refractivity contribution in [1.82, 2.24) is 4.72 Å². The van der Waals surface area contributed by atoms with E-state index in [4.69, 9.17) is 11.6 Å². The maximum atomic E-state index is 13.0. The number of fused-ring (bicyclic) bond motifs is 1. The average Bonchev–Trinajstić information content (AvgIpc) is 3.18. The number of amides is 2. The molecule has 3 aromatic carbocycles. The van der Waals surface area contributed by atoms with Crippen LogP contribution >= 0.6 is 11.6 Å². The minimum atomic E-state index is -3.89. The Morgan fingerprint density at radius 3 is 2.24 bits per heavy atom. The molecule has 9 heteroatoms. The number of carbonyl (C=O) groups is 2. The summed E-state index contributed by atoms with van der Waals surface area (Å²) in [5.41, 5.74) is 1.50. The molecular weight excluding hydrogens is 474 g/mol. The van der Waals surface area contributed by atoms with E-state index in [1.54, 1.807) is 52.3 Å². The van der Waals surface area contributed by atoms with Gasteiger partial charge in [-0.2, -0.15) is 4.72 Å². The van der Waals surface area contributed by atoms with Crippen LogP contribution in [0.25, 0.3) is 10.8 Å². The van der Waals surface area contributed by atoms with E-state index >= 15 is 0 Å². The number of halogens is 1. The molecule has 34 heavy (non-hydrogen) atoms. The maximum absolute atomic E-state index is 13.0. The average molecular weight is 498 g/mol. The number of nitrogens with zero attached hydrogens (tertiary/aromatic N) is 2. The SMILES string of the molecule is O=C1CCCCN1c1ccc(N2CCC(NS(=O)(=O)c3ccc4cc(Cl)ccc4c3)C2=O)cc1. The van der Waals surface area contributed by atoms with Crippen LogP contribution in [0.3, 0.4) is 0 Å². The van der Waals surface area contributed by atoms with Gasteiger partial charge in [0.05, 0.1) is 4.90 Å². The van der Waals surface area contributed by atoms with E-state index in [0.29, 0.717) is 36.6 Å². The normalized spacial score (nSPS) is 19.3. The first-order chi connectivity index (χ1) is 16.3. The molecule has 3 aromatic rings. The van der Waals surface area contributed by atoms with Gasteiger partial charge in [0, 0.05) is 35.9 Å². The molecule has 2 saturated heterocycles. The fraction of sp³-hybridized carbons (Fsp3) is 0.280. The highest BCUT2D eigenvalue weighted by Gasteiger charge is 2.36. The van der Waals surface area contributed by atoms with E-state index in [1.807, 2.05) is 12.1 Å². The summed E-state index contributed by atoms with van der Waals surface area (Å²) in [4.78, 5) is 28.6. The number of hydrogen-bond acceptors (Lipinski definition) is 4. The molecule has 0 radical (unpaired) electrons. The number of nitrogens with one attached hydrogen (secondary N) is 1. The molecular formula is C25H24ClN3O4S. The lowest BCUT2D eigenvalue weighted by Gasteiger charge is -2.27. The number of hydrogen-bond donors (Lipinski definition) is 1. The largest absolute Gasteiger partial charge is 0.312 e. The van der Waals surface area contributed by atoms with Gasteiger partial charge >= 0.3 is 0 Å².